The lowest BCUT2D eigenvalue weighted by Gasteiger charge is -2.26. The van der Waals surface area contributed by atoms with Gasteiger partial charge >= 0.3 is 0 Å². The fourth-order valence-electron chi connectivity index (χ4n) is 3.96. The van der Waals surface area contributed by atoms with Crippen LogP contribution in [0.15, 0.2) is 11.8 Å². The van der Waals surface area contributed by atoms with Gasteiger partial charge in [0, 0.05) is 6.42 Å². The average Bonchev–Trinajstić information content (AvgIpc) is 2.94. The maximum atomic E-state index is 6.57. The molecule has 0 saturated heterocycles. The molecule has 1 aliphatic rings. The van der Waals surface area contributed by atoms with Crippen molar-refractivity contribution in [1.29, 1.82) is 0 Å². The van der Waals surface area contributed by atoms with Gasteiger partial charge in [0.15, 0.2) is 0 Å². The normalized spacial score (nSPS) is 25.0. The van der Waals surface area contributed by atoms with Gasteiger partial charge < -0.3 is 10.1 Å². The number of unbranched alkanes of at least 4 members (excludes halogenated alkanes) is 3. The summed E-state index contributed by atoms with van der Waals surface area (Å²) < 4.78 is 6.57. The van der Waals surface area contributed by atoms with Crippen molar-refractivity contribution >= 4 is 0 Å². The van der Waals surface area contributed by atoms with Gasteiger partial charge in [0.1, 0.15) is 6.10 Å². The van der Waals surface area contributed by atoms with Crippen molar-refractivity contribution in [3.8, 4) is 0 Å². The van der Waals surface area contributed by atoms with E-state index in [4.69, 9.17) is 4.74 Å². The van der Waals surface area contributed by atoms with Crippen molar-refractivity contribution in [2.75, 3.05) is 13.6 Å². The highest BCUT2D eigenvalue weighted by Gasteiger charge is 2.36. The molecular formula is C21H41NO. The van der Waals surface area contributed by atoms with Crippen LogP contribution in [0.25, 0.3) is 0 Å². The van der Waals surface area contributed by atoms with Crippen LogP contribution in [-0.2, 0) is 4.74 Å². The Hall–Kier alpha value is -0.500. The van der Waals surface area contributed by atoms with Crippen LogP contribution in [0.3, 0.4) is 0 Å². The first-order valence-corrected chi connectivity index (χ1v) is 10.3. The number of ether oxygens (including phenoxy) is 1. The van der Waals surface area contributed by atoms with E-state index in [1.165, 1.54) is 63.5 Å². The van der Waals surface area contributed by atoms with E-state index in [1.807, 2.05) is 7.05 Å². The molecule has 0 aromatic rings. The molecule has 1 aliphatic carbocycles. The first-order valence-electron chi connectivity index (χ1n) is 10.3. The monoisotopic (exact) mass is 323 g/mol. The first kappa shape index (κ1) is 20.5. The molecule has 1 saturated carbocycles. The molecule has 0 bridgehead atoms. The van der Waals surface area contributed by atoms with Gasteiger partial charge in [-0.1, -0.05) is 52.9 Å². The minimum Gasteiger partial charge on any atom is -0.495 e. The third-order valence-corrected chi connectivity index (χ3v) is 5.38. The molecule has 2 nitrogen and oxygen atoms in total. The quantitative estimate of drug-likeness (QED) is 0.328. The summed E-state index contributed by atoms with van der Waals surface area (Å²) in [6, 6.07) is 0. The van der Waals surface area contributed by atoms with E-state index in [9.17, 15) is 0 Å². The molecule has 3 unspecified atom stereocenters. The lowest BCUT2D eigenvalue weighted by atomic mass is 9.88. The standard InChI is InChI=1S/C21H41NO/c1-5-8-10-14-20-18(7-3)15-16-21(20)23-19(12-9-6-2)13-11-17-22-4/h12,18,20-22H,5-11,13-17H2,1-4H3/b19-12+. The smallest absolute Gasteiger partial charge is 0.101 e. The van der Waals surface area contributed by atoms with Gasteiger partial charge in [0.05, 0.1) is 5.76 Å². The van der Waals surface area contributed by atoms with Crippen molar-refractivity contribution < 1.29 is 4.74 Å². The Morgan fingerprint density at radius 2 is 1.91 bits per heavy atom. The molecule has 136 valence electrons. The van der Waals surface area contributed by atoms with Crippen LogP contribution < -0.4 is 5.32 Å². The Balaban J connectivity index is 2.59. The maximum Gasteiger partial charge on any atom is 0.101 e. The number of hydrogen-bond donors (Lipinski definition) is 1. The topological polar surface area (TPSA) is 21.3 Å². The molecule has 0 aromatic heterocycles. The van der Waals surface area contributed by atoms with Crippen LogP contribution in [0.4, 0.5) is 0 Å². The Morgan fingerprint density at radius 3 is 2.57 bits per heavy atom. The zero-order valence-corrected chi connectivity index (χ0v) is 16.2. The van der Waals surface area contributed by atoms with Gasteiger partial charge in [-0.05, 0) is 63.6 Å². The van der Waals surface area contributed by atoms with Gasteiger partial charge in [0.25, 0.3) is 0 Å². The fourth-order valence-corrected chi connectivity index (χ4v) is 3.96. The third kappa shape index (κ3) is 7.74. The van der Waals surface area contributed by atoms with E-state index in [0.717, 1.165) is 31.2 Å². The predicted octanol–water partition coefficient (Wildman–Crippen LogP) is 6.07. The van der Waals surface area contributed by atoms with E-state index < -0.39 is 0 Å². The molecule has 1 N–H and O–H groups in total. The summed E-state index contributed by atoms with van der Waals surface area (Å²) in [4.78, 5) is 0. The molecule has 0 aliphatic heterocycles. The number of allylic oxidation sites excluding steroid dienone is 2. The van der Waals surface area contributed by atoms with E-state index in [0.29, 0.717) is 6.10 Å². The first-order chi connectivity index (χ1) is 11.3. The van der Waals surface area contributed by atoms with Crippen LogP contribution in [0.5, 0.6) is 0 Å². The number of rotatable bonds is 13. The summed E-state index contributed by atoms with van der Waals surface area (Å²) >= 11 is 0. The van der Waals surface area contributed by atoms with Gasteiger partial charge in [-0.2, -0.15) is 0 Å². The van der Waals surface area contributed by atoms with E-state index in [2.05, 4.69) is 32.2 Å². The van der Waals surface area contributed by atoms with Crippen LogP contribution in [0.1, 0.15) is 91.4 Å². The second-order valence-corrected chi connectivity index (χ2v) is 7.23. The maximum absolute atomic E-state index is 6.57. The van der Waals surface area contributed by atoms with Crippen molar-refractivity contribution in [2.45, 2.75) is 97.5 Å². The highest BCUT2D eigenvalue weighted by atomic mass is 16.5. The fraction of sp³-hybridized carbons (Fsp3) is 0.905. The van der Waals surface area contributed by atoms with Crippen LogP contribution in [0, 0.1) is 11.8 Å². The van der Waals surface area contributed by atoms with Crippen LogP contribution >= 0.6 is 0 Å². The average molecular weight is 324 g/mol. The Labute approximate surface area is 145 Å². The molecule has 2 heteroatoms. The van der Waals surface area contributed by atoms with Gasteiger partial charge in [-0.15, -0.1) is 0 Å². The summed E-state index contributed by atoms with van der Waals surface area (Å²) in [6.45, 7) is 7.99. The Kier molecular flexibility index (Phi) is 11.5. The minimum atomic E-state index is 0.481. The van der Waals surface area contributed by atoms with Gasteiger partial charge in [0.2, 0.25) is 0 Å². The second kappa shape index (κ2) is 12.9. The Morgan fingerprint density at radius 1 is 1.09 bits per heavy atom. The lowest BCUT2D eigenvalue weighted by Crippen LogP contribution is -2.22. The SMILES string of the molecule is CCC/C=C(\CCCNC)OC1CCC(CC)C1CCCCC. The zero-order valence-electron chi connectivity index (χ0n) is 16.2. The van der Waals surface area contributed by atoms with Crippen molar-refractivity contribution in [3.63, 3.8) is 0 Å². The molecule has 0 radical (unpaired) electrons. The number of hydrogen-bond acceptors (Lipinski definition) is 2. The zero-order chi connectivity index (χ0) is 16.9. The van der Waals surface area contributed by atoms with E-state index in [1.54, 1.807) is 0 Å². The highest BCUT2D eigenvalue weighted by molar-refractivity contribution is 4.97. The molecule has 1 rings (SSSR count). The highest BCUT2D eigenvalue weighted by Crippen LogP contribution is 2.40. The summed E-state index contributed by atoms with van der Waals surface area (Å²) in [5.41, 5.74) is 0. The van der Waals surface area contributed by atoms with Crippen molar-refractivity contribution in [1.82, 2.24) is 5.32 Å². The number of nitrogens with one attached hydrogen (secondary N) is 1. The molecule has 0 spiro atoms. The molecule has 23 heavy (non-hydrogen) atoms. The molecule has 1 fully saturated rings. The largest absolute Gasteiger partial charge is 0.495 e. The van der Waals surface area contributed by atoms with Crippen LogP contribution in [0.2, 0.25) is 0 Å². The third-order valence-electron chi connectivity index (χ3n) is 5.38. The lowest BCUT2D eigenvalue weighted by molar-refractivity contribution is 0.0606. The van der Waals surface area contributed by atoms with Crippen molar-refractivity contribution in [3.05, 3.63) is 11.8 Å². The Bertz CT molecular complexity index is 313. The van der Waals surface area contributed by atoms with E-state index >= 15 is 0 Å². The molecule has 0 heterocycles. The summed E-state index contributed by atoms with van der Waals surface area (Å²) in [6.07, 6.45) is 16.9. The van der Waals surface area contributed by atoms with Crippen molar-refractivity contribution in [2.24, 2.45) is 11.8 Å². The minimum absolute atomic E-state index is 0.481. The predicted molar refractivity (Wildman–Crippen MR) is 102 cm³/mol. The molecular weight excluding hydrogens is 282 g/mol. The summed E-state index contributed by atoms with van der Waals surface area (Å²) in [5.74, 6) is 2.95. The summed E-state index contributed by atoms with van der Waals surface area (Å²) in [7, 11) is 2.03. The molecule has 0 amide bonds. The molecule has 0 aromatic carbocycles. The molecule has 3 atom stereocenters. The van der Waals surface area contributed by atoms with E-state index in [-0.39, 0.29) is 0 Å². The van der Waals surface area contributed by atoms with Gasteiger partial charge in [-0.25, -0.2) is 0 Å². The van der Waals surface area contributed by atoms with Gasteiger partial charge in [-0.3, -0.25) is 0 Å². The van der Waals surface area contributed by atoms with Crippen LogP contribution in [-0.4, -0.2) is 19.7 Å². The second-order valence-electron chi connectivity index (χ2n) is 7.23. The summed E-state index contributed by atoms with van der Waals surface area (Å²) in [5, 5.41) is 3.25.